The molecule has 0 spiro atoms. The summed E-state index contributed by atoms with van der Waals surface area (Å²) in [6, 6.07) is 0. The molecule has 0 saturated carbocycles. The van der Waals surface area contributed by atoms with E-state index in [1.54, 1.807) is 7.11 Å². The number of nitrogens with two attached hydrogens (primary N) is 1. The molecule has 100 valence electrons. The highest BCUT2D eigenvalue weighted by Gasteiger charge is 2.28. The van der Waals surface area contributed by atoms with Crippen LogP contribution in [0.15, 0.2) is 0 Å². The Morgan fingerprint density at radius 3 is 2.82 bits per heavy atom. The first kappa shape index (κ1) is 14.4. The van der Waals surface area contributed by atoms with Crippen molar-refractivity contribution < 1.29 is 14.3 Å². The highest BCUT2D eigenvalue weighted by molar-refractivity contribution is 5.79. The van der Waals surface area contributed by atoms with Crippen molar-refractivity contribution in [2.75, 3.05) is 33.4 Å². The van der Waals surface area contributed by atoms with Crippen LogP contribution in [0.4, 0.5) is 0 Å². The largest absolute Gasteiger partial charge is 0.385 e. The highest BCUT2D eigenvalue weighted by Crippen LogP contribution is 2.12. The van der Waals surface area contributed by atoms with Gasteiger partial charge in [0.2, 0.25) is 5.91 Å². The number of unbranched alkanes of at least 4 members (excludes halogenated alkanes) is 2. The van der Waals surface area contributed by atoms with Gasteiger partial charge in [0.1, 0.15) is 6.10 Å². The van der Waals surface area contributed by atoms with Crippen molar-refractivity contribution in [3.63, 3.8) is 0 Å². The summed E-state index contributed by atoms with van der Waals surface area (Å²) in [4.78, 5) is 13.4. The van der Waals surface area contributed by atoms with Crippen molar-refractivity contribution in [2.45, 2.75) is 38.4 Å². The van der Waals surface area contributed by atoms with E-state index in [4.69, 9.17) is 15.2 Å². The lowest BCUT2D eigenvalue weighted by molar-refractivity contribution is -0.142. The number of amides is 1. The lowest BCUT2D eigenvalue weighted by Crippen LogP contribution is -2.51. The van der Waals surface area contributed by atoms with E-state index in [2.05, 4.69) is 4.90 Å². The van der Waals surface area contributed by atoms with Crippen molar-refractivity contribution >= 4 is 5.91 Å². The Labute approximate surface area is 103 Å². The summed E-state index contributed by atoms with van der Waals surface area (Å²) >= 11 is 0. The minimum absolute atomic E-state index is 0.0835. The third-order valence-corrected chi connectivity index (χ3v) is 2.98. The molecule has 0 aromatic carbocycles. The Balaban J connectivity index is 2.21. The van der Waals surface area contributed by atoms with Gasteiger partial charge in [0.05, 0.1) is 6.10 Å². The molecular formula is C12H24N2O3. The van der Waals surface area contributed by atoms with Crippen LogP contribution in [0.2, 0.25) is 0 Å². The van der Waals surface area contributed by atoms with Gasteiger partial charge in [0.25, 0.3) is 0 Å². The molecule has 1 heterocycles. The maximum Gasteiger partial charge on any atom is 0.247 e. The van der Waals surface area contributed by atoms with Gasteiger partial charge in [-0.05, 0) is 32.7 Å². The molecule has 0 aromatic heterocycles. The van der Waals surface area contributed by atoms with Crippen LogP contribution in [0.25, 0.3) is 0 Å². The highest BCUT2D eigenvalue weighted by atomic mass is 16.5. The van der Waals surface area contributed by atoms with Crippen LogP contribution in [0.3, 0.4) is 0 Å². The Morgan fingerprint density at radius 1 is 1.41 bits per heavy atom. The Bertz CT molecular complexity index is 236. The third kappa shape index (κ3) is 5.48. The Kier molecular flexibility index (Phi) is 6.47. The van der Waals surface area contributed by atoms with Crippen LogP contribution in [0, 0.1) is 0 Å². The monoisotopic (exact) mass is 244 g/mol. The number of carbonyl (C=O) groups excluding carboxylic acids is 1. The fourth-order valence-corrected chi connectivity index (χ4v) is 2.14. The van der Waals surface area contributed by atoms with Crippen molar-refractivity contribution in [1.29, 1.82) is 0 Å². The van der Waals surface area contributed by atoms with Gasteiger partial charge in [-0.1, -0.05) is 0 Å². The molecule has 1 unspecified atom stereocenters. The number of morpholine rings is 1. The second-order valence-corrected chi connectivity index (χ2v) is 4.65. The molecule has 1 amide bonds. The summed E-state index contributed by atoms with van der Waals surface area (Å²) < 4.78 is 10.5. The topological polar surface area (TPSA) is 64.8 Å². The number of hydrogen-bond donors (Lipinski definition) is 1. The van der Waals surface area contributed by atoms with Gasteiger partial charge in [-0.25, -0.2) is 0 Å². The number of methoxy groups -OCH3 is 1. The van der Waals surface area contributed by atoms with Crippen LogP contribution < -0.4 is 5.73 Å². The van der Waals surface area contributed by atoms with E-state index in [-0.39, 0.29) is 12.0 Å². The summed E-state index contributed by atoms with van der Waals surface area (Å²) in [5.74, 6) is -0.360. The SMILES string of the molecule is COCCCCCN1CC(C(N)=O)O[C@H](C)C1. The fourth-order valence-electron chi connectivity index (χ4n) is 2.14. The average molecular weight is 244 g/mol. The molecular weight excluding hydrogens is 220 g/mol. The molecule has 5 heteroatoms. The van der Waals surface area contributed by atoms with Crippen LogP contribution in [-0.4, -0.2) is 56.4 Å². The van der Waals surface area contributed by atoms with Gasteiger partial charge in [-0.15, -0.1) is 0 Å². The molecule has 2 atom stereocenters. The van der Waals surface area contributed by atoms with E-state index in [1.165, 1.54) is 0 Å². The predicted octanol–water partition coefficient (Wildman–Crippen LogP) is 0.378. The Morgan fingerprint density at radius 2 is 2.18 bits per heavy atom. The van der Waals surface area contributed by atoms with Gasteiger partial charge < -0.3 is 15.2 Å². The first-order valence-electron chi connectivity index (χ1n) is 6.29. The number of carbonyl (C=O) groups is 1. The number of hydrogen-bond acceptors (Lipinski definition) is 4. The molecule has 0 aliphatic carbocycles. The zero-order chi connectivity index (χ0) is 12.7. The maximum atomic E-state index is 11.1. The Hall–Kier alpha value is -0.650. The summed E-state index contributed by atoms with van der Waals surface area (Å²) in [6.07, 6.45) is 3.01. The number of nitrogens with zero attached hydrogens (tertiary/aromatic N) is 1. The van der Waals surface area contributed by atoms with E-state index in [1.807, 2.05) is 6.92 Å². The van der Waals surface area contributed by atoms with Crippen molar-refractivity contribution in [2.24, 2.45) is 5.73 Å². The van der Waals surface area contributed by atoms with Crippen LogP contribution in [-0.2, 0) is 14.3 Å². The minimum Gasteiger partial charge on any atom is -0.385 e. The second kappa shape index (κ2) is 7.63. The van der Waals surface area contributed by atoms with Crippen molar-refractivity contribution in [1.82, 2.24) is 4.90 Å². The molecule has 1 aliphatic heterocycles. The van der Waals surface area contributed by atoms with E-state index in [9.17, 15) is 4.79 Å². The van der Waals surface area contributed by atoms with E-state index < -0.39 is 6.10 Å². The summed E-state index contributed by atoms with van der Waals surface area (Å²) in [5.41, 5.74) is 5.28. The summed E-state index contributed by atoms with van der Waals surface area (Å²) in [6.45, 7) is 5.32. The first-order chi connectivity index (χ1) is 8.13. The molecule has 1 rings (SSSR count). The average Bonchev–Trinajstić information content (AvgIpc) is 2.28. The summed E-state index contributed by atoms with van der Waals surface area (Å²) in [5, 5.41) is 0. The molecule has 0 radical (unpaired) electrons. The molecule has 1 fully saturated rings. The quantitative estimate of drug-likeness (QED) is 0.657. The van der Waals surface area contributed by atoms with Gasteiger partial charge >= 0.3 is 0 Å². The predicted molar refractivity (Wildman–Crippen MR) is 65.7 cm³/mol. The molecule has 0 bridgehead atoms. The molecule has 17 heavy (non-hydrogen) atoms. The first-order valence-corrected chi connectivity index (χ1v) is 6.29. The molecule has 0 aromatic rings. The van der Waals surface area contributed by atoms with E-state index >= 15 is 0 Å². The van der Waals surface area contributed by atoms with Crippen molar-refractivity contribution in [3.05, 3.63) is 0 Å². The second-order valence-electron chi connectivity index (χ2n) is 4.65. The van der Waals surface area contributed by atoms with E-state index in [0.717, 1.165) is 39.0 Å². The number of ether oxygens (including phenoxy) is 2. The molecule has 1 aliphatic rings. The van der Waals surface area contributed by atoms with Crippen LogP contribution in [0.5, 0.6) is 0 Å². The van der Waals surface area contributed by atoms with Crippen LogP contribution >= 0.6 is 0 Å². The van der Waals surface area contributed by atoms with E-state index in [0.29, 0.717) is 6.54 Å². The lowest BCUT2D eigenvalue weighted by atomic mass is 10.1. The standard InChI is InChI=1S/C12H24N2O3/c1-10-8-14(6-4-3-5-7-16-2)9-11(17-10)12(13)15/h10-11H,3-9H2,1-2H3,(H2,13,15)/t10-,11?/m1/s1. The zero-order valence-electron chi connectivity index (χ0n) is 10.9. The molecule has 2 N–H and O–H groups in total. The minimum atomic E-state index is -0.447. The van der Waals surface area contributed by atoms with Gasteiger partial charge in [-0.3, -0.25) is 9.69 Å². The normalized spacial score (nSPS) is 26.0. The molecule has 1 saturated heterocycles. The van der Waals surface area contributed by atoms with Crippen molar-refractivity contribution in [3.8, 4) is 0 Å². The zero-order valence-corrected chi connectivity index (χ0v) is 10.9. The third-order valence-electron chi connectivity index (χ3n) is 2.98. The number of primary amides is 1. The fraction of sp³-hybridized carbons (Fsp3) is 0.917. The molecule has 5 nitrogen and oxygen atoms in total. The smallest absolute Gasteiger partial charge is 0.247 e. The van der Waals surface area contributed by atoms with Crippen LogP contribution in [0.1, 0.15) is 26.2 Å². The number of rotatable bonds is 7. The summed E-state index contributed by atoms with van der Waals surface area (Å²) in [7, 11) is 1.72. The van der Waals surface area contributed by atoms with Gasteiger partial charge in [0, 0.05) is 26.8 Å². The maximum absolute atomic E-state index is 11.1. The van der Waals surface area contributed by atoms with Gasteiger partial charge in [0.15, 0.2) is 0 Å². The lowest BCUT2D eigenvalue weighted by Gasteiger charge is -2.35. The van der Waals surface area contributed by atoms with Gasteiger partial charge in [-0.2, -0.15) is 0 Å².